The number of oxazole rings is 1. The lowest BCUT2D eigenvalue weighted by atomic mass is 9.97. The molecule has 162 valence electrons. The first-order valence-corrected chi connectivity index (χ1v) is 10.4. The molecular formula is C23H31N3O4. The summed E-state index contributed by atoms with van der Waals surface area (Å²) < 4.78 is 11.0. The van der Waals surface area contributed by atoms with Gasteiger partial charge in [0.1, 0.15) is 11.9 Å². The van der Waals surface area contributed by atoms with Crippen molar-refractivity contribution >= 4 is 12.0 Å². The molecule has 2 aromatic rings. The SMILES string of the molecule is CN(CC1CCCN(C(=O)Cc2coc(-c3ccccc3)n2)C1)C(=O)OC(C)(C)C. The van der Waals surface area contributed by atoms with Crippen LogP contribution in [0.4, 0.5) is 4.79 Å². The van der Waals surface area contributed by atoms with Crippen LogP contribution in [0.1, 0.15) is 39.3 Å². The third-order valence-corrected chi connectivity index (χ3v) is 5.01. The Labute approximate surface area is 178 Å². The Morgan fingerprint density at radius 1 is 1.27 bits per heavy atom. The van der Waals surface area contributed by atoms with E-state index in [2.05, 4.69) is 4.98 Å². The molecule has 0 N–H and O–H groups in total. The predicted octanol–water partition coefficient (Wildman–Crippen LogP) is 3.99. The highest BCUT2D eigenvalue weighted by molar-refractivity contribution is 5.78. The number of amides is 2. The molecule has 7 heteroatoms. The van der Waals surface area contributed by atoms with Gasteiger partial charge in [-0.3, -0.25) is 4.79 Å². The monoisotopic (exact) mass is 413 g/mol. The number of carbonyl (C=O) groups is 2. The van der Waals surface area contributed by atoms with Gasteiger partial charge in [0.05, 0.1) is 12.1 Å². The first-order valence-electron chi connectivity index (χ1n) is 10.4. The van der Waals surface area contributed by atoms with Gasteiger partial charge < -0.3 is 19.0 Å². The summed E-state index contributed by atoms with van der Waals surface area (Å²) in [5, 5.41) is 0. The smallest absolute Gasteiger partial charge is 0.410 e. The molecule has 1 unspecified atom stereocenters. The van der Waals surface area contributed by atoms with E-state index in [0.29, 0.717) is 24.7 Å². The fraction of sp³-hybridized carbons (Fsp3) is 0.522. The number of benzene rings is 1. The van der Waals surface area contributed by atoms with E-state index in [-0.39, 0.29) is 24.3 Å². The number of hydrogen-bond acceptors (Lipinski definition) is 5. The maximum atomic E-state index is 12.8. The summed E-state index contributed by atoms with van der Waals surface area (Å²) >= 11 is 0. The molecule has 30 heavy (non-hydrogen) atoms. The summed E-state index contributed by atoms with van der Waals surface area (Å²) in [5.74, 6) is 0.791. The third-order valence-electron chi connectivity index (χ3n) is 5.01. The Balaban J connectivity index is 1.53. The van der Waals surface area contributed by atoms with Crippen molar-refractivity contribution in [3.05, 3.63) is 42.3 Å². The summed E-state index contributed by atoms with van der Waals surface area (Å²) in [7, 11) is 1.75. The molecule has 1 aliphatic heterocycles. The zero-order chi connectivity index (χ0) is 21.7. The predicted molar refractivity (Wildman–Crippen MR) is 114 cm³/mol. The highest BCUT2D eigenvalue weighted by Gasteiger charge is 2.27. The minimum absolute atomic E-state index is 0.0348. The van der Waals surface area contributed by atoms with E-state index in [1.165, 1.54) is 0 Å². The number of ether oxygens (including phenoxy) is 1. The molecule has 0 radical (unpaired) electrons. The lowest BCUT2D eigenvalue weighted by Gasteiger charge is -2.35. The standard InChI is InChI=1S/C23H31N3O4/c1-23(2,3)30-22(28)25(4)14-17-9-8-12-26(15-17)20(27)13-19-16-29-21(24-19)18-10-6-5-7-11-18/h5-7,10-11,16-17H,8-9,12-15H2,1-4H3. The van der Waals surface area contributed by atoms with Gasteiger partial charge in [-0.1, -0.05) is 18.2 Å². The maximum absolute atomic E-state index is 12.8. The van der Waals surface area contributed by atoms with Crippen LogP contribution in [0.5, 0.6) is 0 Å². The Hall–Kier alpha value is -2.83. The summed E-state index contributed by atoms with van der Waals surface area (Å²) in [5.41, 5.74) is 1.00. The molecule has 0 aliphatic carbocycles. The van der Waals surface area contributed by atoms with E-state index >= 15 is 0 Å². The molecule has 1 fully saturated rings. The highest BCUT2D eigenvalue weighted by atomic mass is 16.6. The van der Waals surface area contributed by atoms with Crippen LogP contribution in [-0.2, 0) is 16.0 Å². The second-order valence-electron chi connectivity index (χ2n) is 8.90. The fourth-order valence-corrected chi connectivity index (χ4v) is 3.61. The van der Waals surface area contributed by atoms with Crippen LogP contribution in [0.3, 0.4) is 0 Å². The topological polar surface area (TPSA) is 75.9 Å². The molecule has 1 atom stereocenters. The first kappa shape index (κ1) is 21.9. The van der Waals surface area contributed by atoms with Crippen molar-refractivity contribution in [3.8, 4) is 11.5 Å². The second-order valence-corrected chi connectivity index (χ2v) is 8.90. The van der Waals surface area contributed by atoms with Gasteiger partial charge in [0.25, 0.3) is 0 Å². The molecule has 0 spiro atoms. The van der Waals surface area contributed by atoms with Crippen LogP contribution in [0.25, 0.3) is 11.5 Å². The Morgan fingerprint density at radius 2 is 2.00 bits per heavy atom. The zero-order valence-corrected chi connectivity index (χ0v) is 18.3. The first-order chi connectivity index (χ1) is 14.2. The van der Waals surface area contributed by atoms with Gasteiger partial charge in [-0.25, -0.2) is 9.78 Å². The van der Waals surface area contributed by atoms with Crippen molar-refractivity contribution < 1.29 is 18.7 Å². The Kier molecular flexibility index (Phi) is 6.80. The van der Waals surface area contributed by atoms with E-state index in [1.807, 2.05) is 56.0 Å². The van der Waals surface area contributed by atoms with Crippen LogP contribution >= 0.6 is 0 Å². The molecule has 0 saturated carbocycles. The van der Waals surface area contributed by atoms with Gasteiger partial charge in [0.15, 0.2) is 0 Å². The third kappa shape index (κ3) is 6.08. The quantitative estimate of drug-likeness (QED) is 0.741. The molecule has 1 saturated heterocycles. The second kappa shape index (κ2) is 9.32. The highest BCUT2D eigenvalue weighted by Crippen LogP contribution is 2.21. The number of carbonyl (C=O) groups excluding carboxylic acids is 2. The Bertz CT molecular complexity index is 857. The summed E-state index contributed by atoms with van der Waals surface area (Å²) in [4.78, 5) is 32.9. The van der Waals surface area contributed by atoms with Gasteiger partial charge in [-0.05, 0) is 51.7 Å². The number of rotatable bonds is 5. The fourth-order valence-electron chi connectivity index (χ4n) is 3.61. The van der Waals surface area contributed by atoms with E-state index in [1.54, 1.807) is 18.2 Å². The number of nitrogens with zero attached hydrogens (tertiary/aromatic N) is 3. The van der Waals surface area contributed by atoms with E-state index in [9.17, 15) is 9.59 Å². The van der Waals surface area contributed by atoms with Crippen molar-refractivity contribution in [1.82, 2.24) is 14.8 Å². The van der Waals surface area contributed by atoms with Crippen molar-refractivity contribution in [2.45, 2.75) is 45.6 Å². The molecule has 3 rings (SSSR count). The minimum Gasteiger partial charge on any atom is -0.444 e. The average molecular weight is 414 g/mol. The van der Waals surface area contributed by atoms with Gasteiger partial charge in [0, 0.05) is 32.2 Å². The van der Waals surface area contributed by atoms with Gasteiger partial charge in [0.2, 0.25) is 11.8 Å². The largest absolute Gasteiger partial charge is 0.444 e. The van der Waals surface area contributed by atoms with E-state index in [0.717, 1.165) is 24.9 Å². The molecule has 2 heterocycles. The van der Waals surface area contributed by atoms with Gasteiger partial charge in [-0.15, -0.1) is 0 Å². The molecule has 1 aromatic carbocycles. The molecular weight excluding hydrogens is 382 g/mol. The molecule has 1 aliphatic rings. The van der Waals surface area contributed by atoms with Crippen molar-refractivity contribution in [2.24, 2.45) is 5.92 Å². The summed E-state index contributed by atoms with van der Waals surface area (Å²) in [6, 6.07) is 9.63. The van der Waals surface area contributed by atoms with Crippen molar-refractivity contribution in [3.63, 3.8) is 0 Å². The lowest BCUT2D eigenvalue weighted by molar-refractivity contribution is -0.132. The van der Waals surface area contributed by atoms with Crippen molar-refractivity contribution in [1.29, 1.82) is 0 Å². The Morgan fingerprint density at radius 3 is 2.70 bits per heavy atom. The minimum atomic E-state index is -0.518. The van der Waals surface area contributed by atoms with Crippen LogP contribution < -0.4 is 0 Å². The summed E-state index contributed by atoms with van der Waals surface area (Å²) in [6.07, 6.45) is 3.34. The van der Waals surface area contributed by atoms with E-state index in [4.69, 9.17) is 9.15 Å². The average Bonchev–Trinajstić information content (AvgIpc) is 3.16. The van der Waals surface area contributed by atoms with Crippen molar-refractivity contribution in [2.75, 3.05) is 26.7 Å². The van der Waals surface area contributed by atoms with Crippen LogP contribution in [0.2, 0.25) is 0 Å². The molecule has 7 nitrogen and oxygen atoms in total. The van der Waals surface area contributed by atoms with Gasteiger partial charge in [-0.2, -0.15) is 0 Å². The molecule has 2 amide bonds. The normalized spacial score (nSPS) is 16.9. The van der Waals surface area contributed by atoms with Crippen LogP contribution in [-0.4, -0.2) is 59.1 Å². The summed E-state index contributed by atoms with van der Waals surface area (Å²) in [6.45, 7) is 7.50. The maximum Gasteiger partial charge on any atom is 0.410 e. The van der Waals surface area contributed by atoms with Crippen LogP contribution in [0.15, 0.2) is 41.0 Å². The lowest BCUT2D eigenvalue weighted by Crippen LogP contribution is -2.45. The van der Waals surface area contributed by atoms with Gasteiger partial charge >= 0.3 is 6.09 Å². The zero-order valence-electron chi connectivity index (χ0n) is 18.3. The van der Waals surface area contributed by atoms with E-state index < -0.39 is 5.60 Å². The number of likely N-dealkylation sites (tertiary alicyclic amines) is 1. The number of hydrogen-bond donors (Lipinski definition) is 0. The molecule has 1 aromatic heterocycles. The van der Waals surface area contributed by atoms with Crippen LogP contribution in [0, 0.1) is 5.92 Å². The molecule has 0 bridgehead atoms. The number of aromatic nitrogens is 1. The number of piperidine rings is 1.